The monoisotopic (exact) mass is 484 g/mol. The van der Waals surface area contributed by atoms with Crippen LogP contribution in [0.15, 0.2) is 35.6 Å². The summed E-state index contributed by atoms with van der Waals surface area (Å²) in [6, 6.07) is 8.66. The molecule has 0 amide bonds. The number of nitrogens with zero attached hydrogens (tertiary/aromatic N) is 5. The van der Waals surface area contributed by atoms with Crippen molar-refractivity contribution in [3.8, 4) is 0 Å². The topological polar surface area (TPSA) is 58.3 Å². The standard InChI is InChI=1S/C20H32N6.HI/c1-6-19-24-23-15-26(19)12-11-21-20(22-13-16(2)3)25(5)14-18-9-7-17(4)8-10-18;/h7-10,15-16H,6,11-14H2,1-5H3,(H,21,22);1H. The number of hydrogen-bond donors (Lipinski definition) is 1. The molecule has 0 saturated heterocycles. The van der Waals surface area contributed by atoms with Crippen LogP contribution < -0.4 is 5.32 Å². The molecule has 0 aliphatic heterocycles. The number of aryl methyl sites for hydroxylation is 2. The second-order valence-electron chi connectivity index (χ2n) is 7.12. The van der Waals surface area contributed by atoms with E-state index in [0.29, 0.717) is 5.92 Å². The van der Waals surface area contributed by atoms with Crippen LogP contribution in [0.2, 0.25) is 0 Å². The fourth-order valence-corrected chi connectivity index (χ4v) is 2.65. The van der Waals surface area contributed by atoms with Gasteiger partial charge >= 0.3 is 0 Å². The Bertz CT molecular complexity index is 693. The normalized spacial score (nSPS) is 11.4. The van der Waals surface area contributed by atoms with Gasteiger partial charge in [-0.15, -0.1) is 34.2 Å². The van der Waals surface area contributed by atoms with Crippen molar-refractivity contribution in [2.45, 2.75) is 47.2 Å². The van der Waals surface area contributed by atoms with Crippen LogP contribution >= 0.6 is 24.0 Å². The summed E-state index contributed by atoms with van der Waals surface area (Å²) in [7, 11) is 2.09. The number of halogens is 1. The highest BCUT2D eigenvalue weighted by molar-refractivity contribution is 14.0. The van der Waals surface area contributed by atoms with E-state index < -0.39 is 0 Å². The summed E-state index contributed by atoms with van der Waals surface area (Å²) < 4.78 is 2.09. The zero-order valence-electron chi connectivity index (χ0n) is 17.1. The lowest BCUT2D eigenvalue weighted by molar-refractivity contribution is 0.467. The van der Waals surface area contributed by atoms with Crippen LogP contribution in [0.25, 0.3) is 0 Å². The Morgan fingerprint density at radius 1 is 1.26 bits per heavy atom. The first-order valence-corrected chi connectivity index (χ1v) is 9.41. The maximum Gasteiger partial charge on any atom is 0.194 e. The van der Waals surface area contributed by atoms with Gasteiger partial charge in [0.25, 0.3) is 0 Å². The van der Waals surface area contributed by atoms with E-state index in [4.69, 9.17) is 4.99 Å². The van der Waals surface area contributed by atoms with Crippen molar-refractivity contribution in [3.63, 3.8) is 0 Å². The molecule has 2 aromatic rings. The van der Waals surface area contributed by atoms with Gasteiger partial charge in [-0.3, -0.25) is 4.99 Å². The minimum atomic E-state index is 0. The Balaban J connectivity index is 0.00000364. The summed E-state index contributed by atoms with van der Waals surface area (Å²) >= 11 is 0. The first kappa shape index (κ1) is 23.4. The third-order valence-electron chi connectivity index (χ3n) is 4.16. The Morgan fingerprint density at radius 3 is 2.59 bits per heavy atom. The lowest BCUT2D eigenvalue weighted by Gasteiger charge is -2.23. The Hall–Kier alpha value is -1.64. The molecular formula is C20H33IN6. The van der Waals surface area contributed by atoms with Crippen LogP contribution in [-0.2, 0) is 19.5 Å². The molecule has 0 unspecified atom stereocenters. The Kier molecular flexibility index (Phi) is 10.4. The summed E-state index contributed by atoms with van der Waals surface area (Å²) in [5.41, 5.74) is 2.56. The van der Waals surface area contributed by atoms with Gasteiger partial charge in [0.05, 0.1) is 0 Å². The number of aromatic nitrogens is 3. The third kappa shape index (κ3) is 7.86. The van der Waals surface area contributed by atoms with Crippen LogP contribution in [0.1, 0.15) is 37.7 Å². The number of guanidine groups is 1. The molecule has 2 rings (SSSR count). The fraction of sp³-hybridized carbons (Fsp3) is 0.550. The van der Waals surface area contributed by atoms with E-state index >= 15 is 0 Å². The van der Waals surface area contributed by atoms with Gasteiger partial charge in [-0.1, -0.05) is 50.6 Å². The lowest BCUT2D eigenvalue weighted by Crippen LogP contribution is -2.40. The van der Waals surface area contributed by atoms with Crippen molar-refractivity contribution in [2.24, 2.45) is 10.9 Å². The quantitative estimate of drug-likeness (QED) is 0.354. The van der Waals surface area contributed by atoms with Gasteiger partial charge in [0, 0.05) is 39.6 Å². The van der Waals surface area contributed by atoms with E-state index in [9.17, 15) is 0 Å². The highest BCUT2D eigenvalue weighted by atomic mass is 127. The molecule has 0 bridgehead atoms. The van der Waals surface area contributed by atoms with Crippen LogP contribution in [0.5, 0.6) is 0 Å². The predicted molar refractivity (Wildman–Crippen MR) is 123 cm³/mol. The minimum absolute atomic E-state index is 0. The zero-order chi connectivity index (χ0) is 18.9. The molecule has 27 heavy (non-hydrogen) atoms. The molecule has 0 saturated carbocycles. The van der Waals surface area contributed by atoms with Gasteiger partial charge in [0.15, 0.2) is 5.96 Å². The number of rotatable bonds is 8. The van der Waals surface area contributed by atoms with Gasteiger partial charge in [0.1, 0.15) is 12.2 Å². The van der Waals surface area contributed by atoms with Gasteiger partial charge in [-0.2, -0.15) is 0 Å². The largest absolute Gasteiger partial charge is 0.354 e. The Morgan fingerprint density at radius 2 is 1.96 bits per heavy atom. The van der Waals surface area contributed by atoms with Crippen LogP contribution in [0, 0.1) is 12.8 Å². The summed E-state index contributed by atoms with van der Waals surface area (Å²) in [5.74, 6) is 2.48. The molecule has 0 spiro atoms. The van der Waals surface area contributed by atoms with Crippen LogP contribution in [0.3, 0.4) is 0 Å². The van der Waals surface area contributed by atoms with Crippen molar-refractivity contribution in [1.82, 2.24) is 25.0 Å². The van der Waals surface area contributed by atoms with Gasteiger partial charge in [0.2, 0.25) is 0 Å². The van der Waals surface area contributed by atoms with Gasteiger partial charge < -0.3 is 14.8 Å². The zero-order valence-corrected chi connectivity index (χ0v) is 19.5. The van der Waals surface area contributed by atoms with Crippen molar-refractivity contribution in [3.05, 3.63) is 47.5 Å². The van der Waals surface area contributed by atoms with E-state index in [1.54, 1.807) is 6.33 Å². The second kappa shape index (κ2) is 11.9. The van der Waals surface area contributed by atoms with Crippen molar-refractivity contribution >= 4 is 29.9 Å². The first-order chi connectivity index (χ1) is 12.5. The van der Waals surface area contributed by atoms with Crippen LogP contribution in [-0.4, -0.2) is 45.8 Å². The smallest absolute Gasteiger partial charge is 0.194 e. The van der Waals surface area contributed by atoms with Gasteiger partial charge in [-0.05, 0) is 18.4 Å². The average Bonchev–Trinajstić information content (AvgIpc) is 3.07. The van der Waals surface area contributed by atoms with Crippen LogP contribution in [0.4, 0.5) is 0 Å². The molecule has 1 heterocycles. The summed E-state index contributed by atoms with van der Waals surface area (Å²) in [5, 5.41) is 11.6. The fourth-order valence-electron chi connectivity index (χ4n) is 2.65. The maximum atomic E-state index is 4.79. The molecule has 150 valence electrons. The predicted octanol–water partition coefficient (Wildman–Crippen LogP) is 3.50. The molecule has 0 radical (unpaired) electrons. The highest BCUT2D eigenvalue weighted by Crippen LogP contribution is 2.06. The summed E-state index contributed by atoms with van der Waals surface area (Å²) in [6.45, 7) is 11.8. The third-order valence-corrected chi connectivity index (χ3v) is 4.16. The lowest BCUT2D eigenvalue weighted by atomic mass is 10.1. The van der Waals surface area contributed by atoms with E-state index in [-0.39, 0.29) is 24.0 Å². The van der Waals surface area contributed by atoms with E-state index in [1.807, 2.05) is 0 Å². The first-order valence-electron chi connectivity index (χ1n) is 9.41. The molecule has 0 aliphatic rings. The number of nitrogens with one attached hydrogen (secondary N) is 1. The molecule has 1 aromatic heterocycles. The molecule has 7 heteroatoms. The molecule has 0 fully saturated rings. The molecule has 6 nitrogen and oxygen atoms in total. The number of hydrogen-bond acceptors (Lipinski definition) is 3. The average molecular weight is 484 g/mol. The summed E-state index contributed by atoms with van der Waals surface area (Å²) in [4.78, 5) is 6.97. The second-order valence-corrected chi connectivity index (χ2v) is 7.12. The maximum absolute atomic E-state index is 4.79. The molecule has 1 aromatic carbocycles. The number of benzene rings is 1. The van der Waals surface area contributed by atoms with Crippen molar-refractivity contribution < 1.29 is 0 Å². The summed E-state index contributed by atoms with van der Waals surface area (Å²) in [6.07, 6.45) is 2.68. The SMILES string of the molecule is CCc1nncn1CCNC(=NCC(C)C)N(C)Cc1ccc(C)cc1.I. The number of aliphatic imine (C=N–C) groups is 1. The minimum Gasteiger partial charge on any atom is -0.354 e. The molecule has 1 N–H and O–H groups in total. The molecule has 0 atom stereocenters. The van der Waals surface area contributed by atoms with Gasteiger partial charge in [-0.25, -0.2) is 0 Å². The van der Waals surface area contributed by atoms with E-state index in [0.717, 1.165) is 44.4 Å². The van der Waals surface area contributed by atoms with E-state index in [2.05, 4.69) is 84.0 Å². The van der Waals surface area contributed by atoms with Crippen molar-refractivity contribution in [1.29, 1.82) is 0 Å². The van der Waals surface area contributed by atoms with Crippen molar-refractivity contribution in [2.75, 3.05) is 20.1 Å². The molecular weight excluding hydrogens is 451 g/mol. The Labute approximate surface area is 180 Å². The highest BCUT2D eigenvalue weighted by Gasteiger charge is 2.08. The molecule has 0 aliphatic carbocycles. The van der Waals surface area contributed by atoms with E-state index in [1.165, 1.54) is 11.1 Å².